The van der Waals surface area contributed by atoms with Crippen LogP contribution in [0.1, 0.15) is 31.2 Å². The Kier molecular flexibility index (Phi) is 4.61. The van der Waals surface area contributed by atoms with Crippen LogP contribution in [0.5, 0.6) is 11.5 Å². The smallest absolute Gasteiger partial charge is 0.306 e. The second kappa shape index (κ2) is 6.41. The number of phenols is 2. The summed E-state index contributed by atoms with van der Waals surface area (Å²) in [7, 11) is 0. The van der Waals surface area contributed by atoms with Gasteiger partial charge in [-0.05, 0) is 55.4 Å². The second-order valence-electron chi connectivity index (χ2n) is 5.30. The van der Waals surface area contributed by atoms with Gasteiger partial charge in [-0.25, -0.2) is 0 Å². The highest BCUT2D eigenvalue weighted by Crippen LogP contribution is 2.29. The number of hydrogen-bond acceptors (Lipinski definition) is 4. The minimum atomic E-state index is -0.688. The summed E-state index contributed by atoms with van der Waals surface area (Å²) in [5.74, 6) is -0.742. The summed E-state index contributed by atoms with van der Waals surface area (Å²) in [5.41, 5.74) is 0.736. The Balaban J connectivity index is 1.82. The maximum atomic E-state index is 10.8. The molecule has 5 heteroatoms. The number of carbonyl (C=O) groups is 1. The highest BCUT2D eigenvalue weighted by atomic mass is 16.4. The molecule has 20 heavy (non-hydrogen) atoms. The molecule has 0 unspecified atom stereocenters. The first-order valence-corrected chi connectivity index (χ1v) is 6.81. The second-order valence-corrected chi connectivity index (χ2v) is 5.30. The molecule has 5 nitrogen and oxygen atoms in total. The Hall–Kier alpha value is -2.04. The predicted octanol–water partition coefficient (Wildman–Crippen LogP) is 2.41. The summed E-state index contributed by atoms with van der Waals surface area (Å²) in [4.78, 5) is 15.2. The molecule has 0 amide bonds. The third-order valence-electron chi connectivity index (χ3n) is 3.80. The summed E-state index contributed by atoms with van der Waals surface area (Å²) in [6.07, 6.45) is 4.93. The summed E-state index contributed by atoms with van der Waals surface area (Å²) in [6, 6.07) is 4.56. The number of aliphatic imine (C=N–C) groups is 1. The first kappa shape index (κ1) is 14.4. The molecule has 1 aromatic carbocycles. The van der Waals surface area contributed by atoms with Crippen molar-refractivity contribution < 1.29 is 20.1 Å². The van der Waals surface area contributed by atoms with E-state index in [2.05, 4.69) is 4.99 Å². The topological polar surface area (TPSA) is 90.1 Å². The lowest BCUT2D eigenvalue weighted by molar-refractivity contribution is -0.143. The monoisotopic (exact) mass is 277 g/mol. The van der Waals surface area contributed by atoms with Gasteiger partial charge in [0.1, 0.15) is 0 Å². The van der Waals surface area contributed by atoms with Crippen LogP contribution in [0.4, 0.5) is 0 Å². The molecule has 0 spiro atoms. The summed E-state index contributed by atoms with van der Waals surface area (Å²) in [5, 5.41) is 27.5. The van der Waals surface area contributed by atoms with Crippen molar-refractivity contribution in [2.24, 2.45) is 16.8 Å². The van der Waals surface area contributed by atoms with Crippen molar-refractivity contribution in [2.75, 3.05) is 6.54 Å². The minimum Gasteiger partial charge on any atom is -0.504 e. The van der Waals surface area contributed by atoms with Crippen molar-refractivity contribution in [3.8, 4) is 11.5 Å². The van der Waals surface area contributed by atoms with E-state index < -0.39 is 5.97 Å². The molecule has 1 aliphatic rings. The normalized spacial score (nSPS) is 23.0. The Morgan fingerprint density at radius 1 is 1.20 bits per heavy atom. The lowest BCUT2D eigenvalue weighted by Gasteiger charge is -2.24. The molecule has 0 aliphatic heterocycles. The molecule has 2 rings (SSSR count). The predicted molar refractivity (Wildman–Crippen MR) is 75.3 cm³/mol. The molecular weight excluding hydrogens is 258 g/mol. The Morgan fingerprint density at radius 3 is 2.50 bits per heavy atom. The van der Waals surface area contributed by atoms with Crippen LogP contribution in [0, 0.1) is 11.8 Å². The zero-order valence-corrected chi connectivity index (χ0v) is 11.2. The van der Waals surface area contributed by atoms with Crippen molar-refractivity contribution in [3.63, 3.8) is 0 Å². The first-order chi connectivity index (χ1) is 9.56. The molecule has 0 saturated heterocycles. The summed E-state index contributed by atoms with van der Waals surface area (Å²) >= 11 is 0. The fourth-order valence-corrected chi connectivity index (χ4v) is 2.52. The van der Waals surface area contributed by atoms with Gasteiger partial charge in [-0.1, -0.05) is 0 Å². The molecule has 1 saturated carbocycles. The van der Waals surface area contributed by atoms with E-state index in [1.165, 1.54) is 12.1 Å². The maximum absolute atomic E-state index is 10.8. The van der Waals surface area contributed by atoms with Gasteiger partial charge in [0, 0.05) is 12.8 Å². The van der Waals surface area contributed by atoms with Crippen LogP contribution in [-0.4, -0.2) is 34.0 Å². The standard InChI is InChI=1S/C15H19NO4/c17-13-6-3-11(7-14(13)18)9-16-8-10-1-4-12(5-2-10)15(19)20/h3,6-7,9-10,12,17-18H,1-2,4-5,8H2,(H,19,20). The lowest BCUT2D eigenvalue weighted by Crippen LogP contribution is -2.22. The molecule has 0 heterocycles. The number of rotatable bonds is 4. The molecular formula is C15H19NO4. The van der Waals surface area contributed by atoms with Crippen molar-refractivity contribution in [3.05, 3.63) is 23.8 Å². The van der Waals surface area contributed by atoms with Crippen LogP contribution < -0.4 is 0 Å². The van der Waals surface area contributed by atoms with Gasteiger partial charge in [-0.3, -0.25) is 9.79 Å². The van der Waals surface area contributed by atoms with E-state index in [9.17, 15) is 15.0 Å². The molecule has 3 N–H and O–H groups in total. The Labute approximate surface area is 117 Å². The molecule has 108 valence electrons. The van der Waals surface area contributed by atoms with Gasteiger partial charge in [-0.15, -0.1) is 0 Å². The van der Waals surface area contributed by atoms with E-state index in [1.54, 1.807) is 12.3 Å². The van der Waals surface area contributed by atoms with Crippen molar-refractivity contribution in [1.82, 2.24) is 0 Å². The largest absolute Gasteiger partial charge is 0.504 e. The third kappa shape index (κ3) is 3.73. The lowest BCUT2D eigenvalue weighted by atomic mass is 9.82. The molecule has 0 bridgehead atoms. The van der Waals surface area contributed by atoms with Crippen LogP contribution in [0.2, 0.25) is 0 Å². The van der Waals surface area contributed by atoms with Gasteiger partial charge in [0.2, 0.25) is 0 Å². The van der Waals surface area contributed by atoms with Crippen molar-refractivity contribution in [1.29, 1.82) is 0 Å². The van der Waals surface area contributed by atoms with Crippen LogP contribution in [0.15, 0.2) is 23.2 Å². The highest BCUT2D eigenvalue weighted by molar-refractivity contribution is 5.80. The van der Waals surface area contributed by atoms with Crippen LogP contribution >= 0.6 is 0 Å². The van der Waals surface area contributed by atoms with Gasteiger partial charge in [-0.2, -0.15) is 0 Å². The SMILES string of the molecule is O=C(O)C1CCC(CN=Cc2ccc(O)c(O)c2)CC1. The van der Waals surface area contributed by atoms with Gasteiger partial charge in [0.15, 0.2) is 11.5 Å². The number of carboxylic acids is 1. The zero-order valence-electron chi connectivity index (χ0n) is 11.2. The number of aliphatic carboxylic acids is 1. The molecule has 0 atom stereocenters. The van der Waals surface area contributed by atoms with Crippen LogP contribution in [-0.2, 0) is 4.79 Å². The quantitative estimate of drug-likeness (QED) is 0.582. The molecule has 0 radical (unpaired) electrons. The fraction of sp³-hybridized carbons (Fsp3) is 0.467. The van der Waals surface area contributed by atoms with E-state index in [-0.39, 0.29) is 17.4 Å². The van der Waals surface area contributed by atoms with Gasteiger partial charge >= 0.3 is 5.97 Å². The number of carboxylic acid groups (broad SMARTS) is 1. The average Bonchev–Trinajstić information content (AvgIpc) is 2.43. The minimum absolute atomic E-state index is 0.144. The number of aromatic hydroxyl groups is 2. The van der Waals surface area contributed by atoms with Crippen molar-refractivity contribution in [2.45, 2.75) is 25.7 Å². The number of hydrogen-bond donors (Lipinski definition) is 3. The Morgan fingerprint density at radius 2 is 1.90 bits per heavy atom. The highest BCUT2D eigenvalue weighted by Gasteiger charge is 2.25. The molecule has 1 aromatic rings. The fourth-order valence-electron chi connectivity index (χ4n) is 2.52. The third-order valence-corrected chi connectivity index (χ3v) is 3.80. The zero-order chi connectivity index (χ0) is 14.5. The van der Waals surface area contributed by atoms with E-state index in [0.29, 0.717) is 12.5 Å². The van der Waals surface area contributed by atoms with Crippen LogP contribution in [0.3, 0.4) is 0 Å². The van der Waals surface area contributed by atoms with E-state index >= 15 is 0 Å². The summed E-state index contributed by atoms with van der Waals surface area (Å²) < 4.78 is 0. The molecule has 1 fully saturated rings. The van der Waals surface area contributed by atoms with Crippen LogP contribution in [0.25, 0.3) is 0 Å². The first-order valence-electron chi connectivity index (χ1n) is 6.81. The Bertz CT molecular complexity index is 505. The van der Waals surface area contributed by atoms with Gasteiger partial charge < -0.3 is 15.3 Å². The number of phenolic OH excluding ortho intramolecular Hbond substituents is 2. The van der Waals surface area contributed by atoms with E-state index in [4.69, 9.17) is 5.11 Å². The molecule has 0 aromatic heterocycles. The number of benzene rings is 1. The van der Waals surface area contributed by atoms with Gasteiger partial charge in [0.25, 0.3) is 0 Å². The summed E-state index contributed by atoms with van der Waals surface area (Å²) in [6.45, 7) is 0.675. The van der Waals surface area contributed by atoms with Crippen molar-refractivity contribution >= 4 is 12.2 Å². The molecule has 1 aliphatic carbocycles. The number of nitrogens with zero attached hydrogens (tertiary/aromatic N) is 1. The average molecular weight is 277 g/mol. The maximum Gasteiger partial charge on any atom is 0.306 e. The van der Waals surface area contributed by atoms with E-state index in [0.717, 1.165) is 31.2 Å². The van der Waals surface area contributed by atoms with E-state index in [1.807, 2.05) is 0 Å². The van der Waals surface area contributed by atoms with Gasteiger partial charge in [0.05, 0.1) is 5.92 Å².